The van der Waals surface area contributed by atoms with Crippen LogP contribution in [0.1, 0.15) is 38.7 Å². The van der Waals surface area contributed by atoms with Gasteiger partial charge in [0.1, 0.15) is 4.21 Å². The van der Waals surface area contributed by atoms with Crippen LogP contribution in [0, 0.1) is 16.0 Å². The SMILES string of the molecule is CC(C)C(C)Sc1sc([C@H](C)O)cc1[N+](=O)[O-]. The van der Waals surface area contributed by atoms with Gasteiger partial charge >= 0.3 is 0 Å². The van der Waals surface area contributed by atoms with Crippen molar-refractivity contribution < 1.29 is 10.0 Å². The van der Waals surface area contributed by atoms with Crippen LogP contribution in [-0.4, -0.2) is 15.3 Å². The van der Waals surface area contributed by atoms with Gasteiger partial charge in [0.25, 0.3) is 5.69 Å². The predicted molar refractivity (Wildman–Crippen MR) is 71.8 cm³/mol. The van der Waals surface area contributed by atoms with Gasteiger partial charge in [0, 0.05) is 16.2 Å². The molecule has 1 aromatic heterocycles. The van der Waals surface area contributed by atoms with Crippen LogP contribution in [0.15, 0.2) is 10.3 Å². The average molecular weight is 275 g/mol. The van der Waals surface area contributed by atoms with E-state index in [1.54, 1.807) is 6.92 Å². The molecule has 0 aliphatic heterocycles. The second kappa shape index (κ2) is 5.84. The number of thioether (sulfide) groups is 1. The Labute approximate surface area is 109 Å². The zero-order valence-corrected chi connectivity index (χ0v) is 12.0. The lowest BCUT2D eigenvalue weighted by atomic mass is 10.2. The van der Waals surface area contributed by atoms with Gasteiger partial charge in [-0.15, -0.1) is 23.1 Å². The van der Waals surface area contributed by atoms with Crippen LogP contribution in [0.2, 0.25) is 0 Å². The maximum atomic E-state index is 10.9. The molecule has 0 radical (unpaired) electrons. The number of nitrogens with zero attached hydrogens (tertiary/aromatic N) is 1. The van der Waals surface area contributed by atoms with E-state index in [2.05, 4.69) is 20.8 Å². The largest absolute Gasteiger partial charge is 0.388 e. The Bertz CT molecular complexity index is 401. The van der Waals surface area contributed by atoms with E-state index in [0.29, 0.717) is 20.3 Å². The fourth-order valence-electron chi connectivity index (χ4n) is 1.10. The number of nitro groups is 1. The molecule has 0 aromatic carbocycles. The summed E-state index contributed by atoms with van der Waals surface area (Å²) in [4.78, 5) is 11.2. The van der Waals surface area contributed by atoms with Crippen molar-refractivity contribution in [1.82, 2.24) is 0 Å². The van der Waals surface area contributed by atoms with Gasteiger partial charge in [0.05, 0.1) is 11.0 Å². The van der Waals surface area contributed by atoms with Crippen LogP contribution in [0.5, 0.6) is 0 Å². The quantitative estimate of drug-likeness (QED) is 0.503. The zero-order valence-electron chi connectivity index (χ0n) is 10.3. The predicted octanol–water partition coefficient (Wildman–Crippen LogP) is 3.85. The summed E-state index contributed by atoms with van der Waals surface area (Å²) < 4.78 is 0.687. The maximum absolute atomic E-state index is 10.9. The molecule has 1 unspecified atom stereocenters. The van der Waals surface area contributed by atoms with Crippen molar-refractivity contribution in [2.75, 3.05) is 0 Å². The van der Waals surface area contributed by atoms with Crippen LogP contribution in [-0.2, 0) is 0 Å². The molecule has 0 aliphatic carbocycles. The molecule has 1 rings (SSSR count). The molecule has 2 atom stereocenters. The first-order chi connectivity index (χ1) is 7.82. The highest BCUT2D eigenvalue weighted by atomic mass is 32.2. The minimum atomic E-state index is -0.651. The Kier molecular flexibility index (Phi) is 4.97. The molecular weight excluding hydrogens is 258 g/mol. The molecule has 0 amide bonds. The Balaban J connectivity index is 3.00. The third-order valence-electron chi connectivity index (χ3n) is 2.54. The Morgan fingerprint density at radius 3 is 2.41 bits per heavy atom. The number of aliphatic hydroxyl groups excluding tert-OH is 1. The third kappa shape index (κ3) is 3.69. The van der Waals surface area contributed by atoms with Crippen molar-refractivity contribution in [3.8, 4) is 0 Å². The number of hydrogen-bond acceptors (Lipinski definition) is 5. The van der Waals surface area contributed by atoms with Crippen LogP contribution in [0.4, 0.5) is 5.69 Å². The molecule has 0 saturated carbocycles. The molecule has 1 aromatic rings. The standard InChI is InChI=1S/C11H17NO3S2/c1-6(2)8(4)16-11-9(12(14)15)5-10(17-11)7(3)13/h5-8,13H,1-4H3/t7-,8?/m0/s1. The van der Waals surface area contributed by atoms with Crippen molar-refractivity contribution in [1.29, 1.82) is 0 Å². The van der Waals surface area contributed by atoms with Gasteiger partial charge in [0.2, 0.25) is 0 Å². The number of rotatable bonds is 5. The monoisotopic (exact) mass is 275 g/mol. The van der Waals surface area contributed by atoms with Crippen molar-refractivity contribution in [2.45, 2.75) is 43.3 Å². The molecule has 6 heteroatoms. The molecule has 1 N–H and O–H groups in total. The molecule has 1 heterocycles. The van der Waals surface area contributed by atoms with Crippen molar-refractivity contribution in [3.05, 3.63) is 21.1 Å². The zero-order chi connectivity index (χ0) is 13.2. The minimum Gasteiger partial charge on any atom is -0.388 e. The highest BCUT2D eigenvalue weighted by Crippen LogP contribution is 2.42. The summed E-state index contributed by atoms with van der Waals surface area (Å²) >= 11 is 2.82. The second-order valence-corrected chi connectivity index (χ2v) is 7.05. The van der Waals surface area contributed by atoms with E-state index in [-0.39, 0.29) is 10.6 Å². The lowest BCUT2D eigenvalue weighted by molar-refractivity contribution is -0.387. The van der Waals surface area contributed by atoms with Gasteiger partial charge in [-0.3, -0.25) is 10.1 Å². The van der Waals surface area contributed by atoms with Crippen molar-refractivity contribution in [3.63, 3.8) is 0 Å². The first-order valence-corrected chi connectivity index (χ1v) is 7.15. The van der Waals surface area contributed by atoms with E-state index in [1.807, 2.05) is 0 Å². The van der Waals surface area contributed by atoms with E-state index in [4.69, 9.17) is 0 Å². The highest BCUT2D eigenvalue weighted by molar-refractivity contribution is 8.01. The summed E-state index contributed by atoms with van der Waals surface area (Å²) in [6.45, 7) is 7.86. The summed E-state index contributed by atoms with van der Waals surface area (Å²) in [5, 5.41) is 20.7. The second-order valence-electron chi connectivity index (χ2n) is 4.32. The topological polar surface area (TPSA) is 63.4 Å². The number of thiophene rings is 1. The van der Waals surface area contributed by atoms with Crippen molar-refractivity contribution in [2.24, 2.45) is 5.92 Å². The fraction of sp³-hybridized carbons (Fsp3) is 0.636. The van der Waals surface area contributed by atoms with Gasteiger partial charge in [-0.25, -0.2) is 0 Å². The normalized spacial score (nSPS) is 14.9. The number of hydrogen-bond donors (Lipinski definition) is 1. The van der Waals surface area contributed by atoms with E-state index in [0.717, 1.165) is 0 Å². The first-order valence-electron chi connectivity index (χ1n) is 5.45. The molecule has 0 aliphatic rings. The smallest absolute Gasteiger partial charge is 0.294 e. The molecular formula is C11H17NO3S2. The van der Waals surface area contributed by atoms with Crippen LogP contribution in [0.3, 0.4) is 0 Å². The summed E-state index contributed by atoms with van der Waals surface area (Å²) in [6.07, 6.45) is -0.651. The molecule has 0 fully saturated rings. The average Bonchev–Trinajstić information content (AvgIpc) is 2.61. The van der Waals surface area contributed by atoms with Crippen LogP contribution < -0.4 is 0 Å². The van der Waals surface area contributed by atoms with Gasteiger partial charge in [-0.2, -0.15) is 0 Å². The van der Waals surface area contributed by atoms with Crippen LogP contribution >= 0.6 is 23.1 Å². The van der Waals surface area contributed by atoms with E-state index in [9.17, 15) is 15.2 Å². The third-order valence-corrected chi connectivity index (χ3v) is 5.51. The summed E-state index contributed by atoms with van der Waals surface area (Å²) in [5.41, 5.74) is 0.114. The molecule has 17 heavy (non-hydrogen) atoms. The van der Waals surface area contributed by atoms with E-state index in [1.165, 1.54) is 29.2 Å². The molecule has 0 spiro atoms. The Morgan fingerprint density at radius 2 is 2.00 bits per heavy atom. The lowest BCUT2D eigenvalue weighted by Gasteiger charge is -2.12. The Morgan fingerprint density at radius 1 is 1.41 bits per heavy atom. The molecule has 4 nitrogen and oxygen atoms in total. The lowest BCUT2D eigenvalue weighted by Crippen LogP contribution is -2.05. The maximum Gasteiger partial charge on any atom is 0.294 e. The van der Waals surface area contributed by atoms with Crippen molar-refractivity contribution >= 4 is 28.8 Å². The van der Waals surface area contributed by atoms with Gasteiger partial charge < -0.3 is 5.11 Å². The summed E-state index contributed by atoms with van der Waals surface area (Å²) in [6, 6.07) is 1.48. The fourth-order valence-corrected chi connectivity index (χ4v) is 3.70. The van der Waals surface area contributed by atoms with Gasteiger partial charge in [0.15, 0.2) is 0 Å². The van der Waals surface area contributed by atoms with Gasteiger partial charge in [-0.05, 0) is 12.8 Å². The highest BCUT2D eigenvalue weighted by Gasteiger charge is 2.23. The number of aliphatic hydroxyl groups is 1. The summed E-state index contributed by atoms with van der Waals surface area (Å²) in [5.74, 6) is 0.455. The molecule has 96 valence electrons. The summed E-state index contributed by atoms with van der Waals surface area (Å²) in [7, 11) is 0. The van der Waals surface area contributed by atoms with E-state index >= 15 is 0 Å². The van der Waals surface area contributed by atoms with Crippen LogP contribution in [0.25, 0.3) is 0 Å². The Hall–Kier alpha value is -0.590. The van der Waals surface area contributed by atoms with Gasteiger partial charge in [-0.1, -0.05) is 20.8 Å². The first kappa shape index (κ1) is 14.5. The minimum absolute atomic E-state index is 0.114. The molecule has 0 bridgehead atoms. The van der Waals surface area contributed by atoms with E-state index < -0.39 is 6.10 Å². The molecule has 0 saturated heterocycles.